The van der Waals surface area contributed by atoms with Crippen LogP contribution in [0.4, 0.5) is 0 Å². The molecule has 0 aliphatic rings. The standard InChI is InChI=1S/C9H16/c1-3-5-7-9-8-6-4-2/h3,5,7H,1,4,6,8-9H2,2H3/b7-5-. The van der Waals surface area contributed by atoms with Gasteiger partial charge in [-0.3, -0.25) is 0 Å². The van der Waals surface area contributed by atoms with Crippen LogP contribution in [0.5, 0.6) is 0 Å². The molecular formula is C9H16. The van der Waals surface area contributed by atoms with Gasteiger partial charge in [-0.05, 0) is 12.8 Å². The molecule has 0 nitrogen and oxygen atoms in total. The SMILES string of the molecule is C=C/C=C\CCCCC. The van der Waals surface area contributed by atoms with Crippen LogP contribution >= 0.6 is 0 Å². The fourth-order valence-electron chi connectivity index (χ4n) is 0.705. The lowest BCUT2D eigenvalue weighted by molar-refractivity contribution is 0.729. The molecular weight excluding hydrogens is 108 g/mol. The van der Waals surface area contributed by atoms with Crippen molar-refractivity contribution in [3.8, 4) is 0 Å². The van der Waals surface area contributed by atoms with E-state index in [0.717, 1.165) is 0 Å². The molecule has 0 aromatic heterocycles. The van der Waals surface area contributed by atoms with E-state index >= 15 is 0 Å². The Balaban J connectivity index is 2.90. The second-order valence-corrected chi connectivity index (χ2v) is 2.16. The molecule has 52 valence electrons. The highest BCUT2D eigenvalue weighted by molar-refractivity contribution is 4.96. The van der Waals surface area contributed by atoms with Crippen molar-refractivity contribution < 1.29 is 0 Å². The Bertz CT molecular complexity index is 80.0. The van der Waals surface area contributed by atoms with Crippen LogP contribution in [0.2, 0.25) is 0 Å². The highest BCUT2D eigenvalue weighted by Gasteiger charge is 1.78. The zero-order valence-electron chi connectivity index (χ0n) is 6.27. The van der Waals surface area contributed by atoms with Crippen molar-refractivity contribution in [3.05, 3.63) is 24.8 Å². The summed E-state index contributed by atoms with van der Waals surface area (Å²) in [6.45, 7) is 5.81. The van der Waals surface area contributed by atoms with Gasteiger partial charge in [-0.25, -0.2) is 0 Å². The van der Waals surface area contributed by atoms with Crippen molar-refractivity contribution in [2.45, 2.75) is 32.6 Å². The van der Waals surface area contributed by atoms with Gasteiger partial charge < -0.3 is 0 Å². The molecule has 0 heteroatoms. The predicted octanol–water partition coefficient (Wildman–Crippen LogP) is 3.31. The molecule has 0 rings (SSSR count). The monoisotopic (exact) mass is 124 g/mol. The summed E-state index contributed by atoms with van der Waals surface area (Å²) in [6.07, 6.45) is 11.2. The van der Waals surface area contributed by atoms with Gasteiger partial charge in [0.05, 0.1) is 0 Å². The Morgan fingerprint density at radius 2 is 2.11 bits per heavy atom. The summed E-state index contributed by atoms with van der Waals surface area (Å²) in [7, 11) is 0. The molecule has 0 saturated heterocycles. The van der Waals surface area contributed by atoms with Gasteiger partial charge in [-0.15, -0.1) is 0 Å². The molecule has 0 atom stereocenters. The smallest absolute Gasteiger partial charge is 0.0348 e. The van der Waals surface area contributed by atoms with Crippen molar-refractivity contribution in [2.75, 3.05) is 0 Å². The molecule has 0 spiro atoms. The van der Waals surface area contributed by atoms with E-state index in [-0.39, 0.29) is 0 Å². The molecule has 0 aromatic rings. The molecule has 0 amide bonds. The van der Waals surface area contributed by atoms with E-state index in [1.807, 2.05) is 12.2 Å². The summed E-state index contributed by atoms with van der Waals surface area (Å²) in [6, 6.07) is 0. The van der Waals surface area contributed by atoms with Crippen molar-refractivity contribution >= 4 is 0 Å². The van der Waals surface area contributed by atoms with Crippen LogP contribution in [0.3, 0.4) is 0 Å². The topological polar surface area (TPSA) is 0 Å². The molecule has 0 bridgehead atoms. The van der Waals surface area contributed by atoms with E-state index in [4.69, 9.17) is 0 Å². The number of hydrogen-bond donors (Lipinski definition) is 0. The van der Waals surface area contributed by atoms with Crippen LogP contribution in [0.15, 0.2) is 24.8 Å². The maximum atomic E-state index is 3.59. The van der Waals surface area contributed by atoms with Gasteiger partial charge in [-0.2, -0.15) is 0 Å². The van der Waals surface area contributed by atoms with E-state index in [1.54, 1.807) is 0 Å². The Morgan fingerprint density at radius 3 is 2.67 bits per heavy atom. The van der Waals surface area contributed by atoms with E-state index in [1.165, 1.54) is 25.7 Å². The van der Waals surface area contributed by atoms with E-state index in [2.05, 4.69) is 19.6 Å². The summed E-state index contributed by atoms with van der Waals surface area (Å²) in [5, 5.41) is 0. The van der Waals surface area contributed by atoms with Gasteiger partial charge >= 0.3 is 0 Å². The number of unbranched alkanes of at least 4 members (excludes halogenated alkanes) is 3. The quantitative estimate of drug-likeness (QED) is 0.389. The molecule has 9 heavy (non-hydrogen) atoms. The minimum atomic E-state index is 1.21. The maximum Gasteiger partial charge on any atom is -0.0348 e. The van der Waals surface area contributed by atoms with Crippen LogP contribution in [-0.4, -0.2) is 0 Å². The van der Waals surface area contributed by atoms with Gasteiger partial charge in [0.2, 0.25) is 0 Å². The molecule has 0 radical (unpaired) electrons. The molecule has 0 unspecified atom stereocenters. The minimum absolute atomic E-state index is 1.21. The van der Waals surface area contributed by atoms with Crippen LogP contribution in [0.25, 0.3) is 0 Å². The zero-order valence-corrected chi connectivity index (χ0v) is 6.27. The van der Waals surface area contributed by atoms with Gasteiger partial charge in [0.25, 0.3) is 0 Å². The zero-order chi connectivity index (χ0) is 6.95. The first-order chi connectivity index (χ1) is 4.41. The Hall–Kier alpha value is -0.520. The second-order valence-electron chi connectivity index (χ2n) is 2.16. The summed E-state index contributed by atoms with van der Waals surface area (Å²) in [5.41, 5.74) is 0. The third-order valence-electron chi connectivity index (χ3n) is 1.25. The van der Waals surface area contributed by atoms with E-state index < -0.39 is 0 Å². The summed E-state index contributed by atoms with van der Waals surface area (Å²) >= 11 is 0. The number of rotatable bonds is 5. The Labute approximate surface area is 58.3 Å². The fraction of sp³-hybridized carbons (Fsp3) is 0.556. The first-order valence-corrected chi connectivity index (χ1v) is 3.69. The van der Waals surface area contributed by atoms with Gasteiger partial charge in [0.1, 0.15) is 0 Å². The lowest BCUT2D eigenvalue weighted by atomic mass is 10.2. The maximum absolute atomic E-state index is 3.59. The fourth-order valence-corrected chi connectivity index (χ4v) is 0.705. The molecule has 0 saturated carbocycles. The Morgan fingerprint density at radius 1 is 1.33 bits per heavy atom. The molecule has 0 N–H and O–H groups in total. The molecule has 0 fully saturated rings. The molecule has 0 heterocycles. The first kappa shape index (κ1) is 8.48. The van der Waals surface area contributed by atoms with Crippen LogP contribution in [0.1, 0.15) is 32.6 Å². The predicted molar refractivity (Wildman–Crippen MR) is 43.5 cm³/mol. The largest absolute Gasteiger partial charge is 0.0991 e. The highest BCUT2D eigenvalue weighted by atomic mass is 13.8. The number of allylic oxidation sites excluding steroid dienone is 3. The van der Waals surface area contributed by atoms with Gasteiger partial charge in [-0.1, -0.05) is 44.6 Å². The second kappa shape index (κ2) is 7.48. The minimum Gasteiger partial charge on any atom is -0.0991 e. The molecule has 0 aliphatic carbocycles. The van der Waals surface area contributed by atoms with Crippen LogP contribution in [-0.2, 0) is 0 Å². The summed E-state index contributed by atoms with van der Waals surface area (Å²) < 4.78 is 0. The summed E-state index contributed by atoms with van der Waals surface area (Å²) in [4.78, 5) is 0. The van der Waals surface area contributed by atoms with Crippen molar-refractivity contribution in [2.24, 2.45) is 0 Å². The Kier molecular flexibility index (Phi) is 7.05. The molecule has 0 aliphatic heterocycles. The average molecular weight is 124 g/mol. The summed E-state index contributed by atoms with van der Waals surface area (Å²) in [5.74, 6) is 0. The first-order valence-electron chi connectivity index (χ1n) is 3.69. The van der Waals surface area contributed by atoms with E-state index in [9.17, 15) is 0 Å². The third kappa shape index (κ3) is 7.48. The van der Waals surface area contributed by atoms with Crippen molar-refractivity contribution in [3.63, 3.8) is 0 Å². The number of hydrogen-bond acceptors (Lipinski definition) is 0. The molecule has 0 aromatic carbocycles. The average Bonchev–Trinajstić information content (AvgIpc) is 1.89. The van der Waals surface area contributed by atoms with Gasteiger partial charge in [0.15, 0.2) is 0 Å². The lowest BCUT2D eigenvalue weighted by Gasteiger charge is -1.89. The van der Waals surface area contributed by atoms with Crippen LogP contribution in [0, 0.1) is 0 Å². The van der Waals surface area contributed by atoms with Crippen molar-refractivity contribution in [1.82, 2.24) is 0 Å². The van der Waals surface area contributed by atoms with E-state index in [0.29, 0.717) is 0 Å². The highest BCUT2D eigenvalue weighted by Crippen LogP contribution is 1.98. The lowest BCUT2D eigenvalue weighted by Crippen LogP contribution is -1.69. The van der Waals surface area contributed by atoms with Crippen LogP contribution < -0.4 is 0 Å². The normalized spacial score (nSPS) is 10.3. The van der Waals surface area contributed by atoms with Gasteiger partial charge in [0, 0.05) is 0 Å². The van der Waals surface area contributed by atoms with Crippen molar-refractivity contribution in [1.29, 1.82) is 0 Å². The third-order valence-corrected chi connectivity index (χ3v) is 1.25.